The van der Waals surface area contributed by atoms with E-state index in [9.17, 15) is 0 Å². The molecule has 1 atom stereocenters. The Morgan fingerprint density at radius 2 is 0.602 bits per heavy atom. The molecule has 0 fully saturated rings. The summed E-state index contributed by atoms with van der Waals surface area (Å²) in [6.45, 7) is 0. The highest BCUT2D eigenvalue weighted by Crippen LogP contribution is 2.60. The van der Waals surface area contributed by atoms with Gasteiger partial charge >= 0.3 is 0 Å². The summed E-state index contributed by atoms with van der Waals surface area (Å²) in [6, 6.07) is 133. The molecule has 0 aliphatic carbocycles. The number of aromatic nitrogens is 1. The van der Waals surface area contributed by atoms with Crippen molar-refractivity contribution in [3.05, 3.63) is 375 Å². The van der Waals surface area contributed by atoms with Crippen molar-refractivity contribution in [2.75, 3.05) is 0 Å². The molecule has 1 aliphatic rings. The summed E-state index contributed by atoms with van der Waals surface area (Å²) in [7, 11) is 0. The zero-order valence-electron chi connectivity index (χ0n) is 56.2. The molecule has 3 heterocycles. The molecule has 0 spiro atoms. The first-order valence-corrected chi connectivity index (χ1v) is 35.7. The number of hydrogen-bond donors (Lipinski definition) is 0. The Morgan fingerprint density at radius 3 is 1.09 bits per heavy atom. The second kappa shape index (κ2) is 23.7. The molecule has 0 saturated carbocycles. The standard InChI is InChI=1S/C100H63NO2/c1-8-30-62(31-9-1)83-56-57-84(102-83)69-44-26-45-70(58-69)93-89(65-36-14-4-15-37-65)90(66-38-16-5-17-39-66)94(71-46-27-47-72(59-71)101-81-54-24-22-48-73(81)79-60-80-74-49-23-25-55-85(74)103-86(80)61-82(79)101)100-78-53-29-51-76-96(78)95-75(50-28-52-77(95)99(93)100)97-91(67-40-18-6-19-41-67)87(63-32-10-2-11-33-63)88(64-34-12-3-13-35-64)92(98(76)97)68-42-20-7-21-43-68/h1-56,58-61,84H,57H2. The van der Waals surface area contributed by atoms with Gasteiger partial charge in [0.25, 0.3) is 0 Å². The van der Waals surface area contributed by atoms with Gasteiger partial charge in [0, 0.05) is 45.3 Å². The normalized spacial score (nSPS) is 13.2. The van der Waals surface area contributed by atoms with Crippen LogP contribution < -0.4 is 0 Å². The fourth-order valence-corrected chi connectivity index (χ4v) is 17.6. The Balaban J connectivity index is 0.973. The highest BCUT2D eigenvalue weighted by Gasteiger charge is 2.33. The highest BCUT2D eigenvalue weighted by atomic mass is 16.5. The van der Waals surface area contributed by atoms with E-state index in [1.165, 1.54) is 92.5 Å². The maximum Gasteiger partial charge on any atom is 0.137 e. The van der Waals surface area contributed by atoms with E-state index in [1.54, 1.807) is 0 Å². The summed E-state index contributed by atoms with van der Waals surface area (Å²) in [5.41, 5.74) is 25.8. The Hall–Kier alpha value is -13.3. The van der Waals surface area contributed by atoms with E-state index in [0.29, 0.717) is 0 Å². The van der Waals surface area contributed by atoms with Crippen LogP contribution in [0.25, 0.3) is 198 Å². The second-order valence-electron chi connectivity index (χ2n) is 27.4. The largest absolute Gasteiger partial charge is 0.485 e. The molecule has 20 aromatic rings. The van der Waals surface area contributed by atoms with Crippen LogP contribution >= 0.6 is 0 Å². The van der Waals surface area contributed by atoms with Crippen molar-refractivity contribution < 1.29 is 9.15 Å². The van der Waals surface area contributed by atoms with Gasteiger partial charge in [-0.15, -0.1) is 0 Å². The molecule has 0 saturated heterocycles. The van der Waals surface area contributed by atoms with Crippen molar-refractivity contribution in [3.63, 3.8) is 0 Å². The Morgan fingerprint density at radius 1 is 0.233 bits per heavy atom. The zero-order chi connectivity index (χ0) is 67.6. The fraction of sp³-hybridized carbons (Fsp3) is 0.0200. The Bertz CT molecular complexity index is 6800. The monoisotopic (exact) mass is 1310 g/mol. The Labute approximate surface area is 595 Å². The van der Waals surface area contributed by atoms with Crippen molar-refractivity contribution in [1.82, 2.24) is 4.57 Å². The molecule has 1 aliphatic heterocycles. The summed E-state index contributed by atoms with van der Waals surface area (Å²) >= 11 is 0. The average Bonchev–Trinajstić information content (AvgIpc) is 1.39. The molecule has 21 rings (SSSR count). The third kappa shape index (κ3) is 9.16. The van der Waals surface area contributed by atoms with E-state index < -0.39 is 0 Å². The number of rotatable bonds is 11. The molecule has 18 aromatic carbocycles. The van der Waals surface area contributed by atoms with Gasteiger partial charge in [-0.1, -0.05) is 315 Å². The van der Waals surface area contributed by atoms with E-state index in [2.05, 4.69) is 369 Å². The SMILES string of the molecule is C1=C(c2ccccc2)OC(c2cccc(-c3c(-c4ccccc4)c(-c4ccccc4)c(-c4cccc(-n5c6ccccc6c6cc7c(cc65)oc5ccccc57)c4)c4c5cccc6c7c(-c8ccccc8)c(-c8ccccc8)c(-c8ccccc8)c(-c8ccccc8)c7c7cccc(c34)c7c65)c2)C1. The number of nitrogens with zero attached hydrogens (tertiary/aromatic N) is 1. The predicted molar refractivity (Wildman–Crippen MR) is 433 cm³/mol. The third-order valence-electron chi connectivity index (χ3n) is 21.8. The number of para-hydroxylation sites is 2. The van der Waals surface area contributed by atoms with Gasteiger partial charge in [-0.2, -0.15) is 0 Å². The zero-order valence-corrected chi connectivity index (χ0v) is 56.2. The van der Waals surface area contributed by atoms with Crippen LogP contribution in [-0.2, 0) is 4.74 Å². The van der Waals surface area contributed by atoms with Gasteiger partial charge in [-0.25, -0.2) is 0 Å². The van der Waals surface area contributed by atoms with Crippen LogP contribution in [0.5, 0.6) is 0 Å². The van der Waals surface area contributed by atoms with Crippen molar-refractivity contribution in [2.24, 2.45) is 0 Å². The van der Waals surface area contributed by atoms with Crippen molar-refractivity contribution >= 4 is 103 Å². The average molecular weight is 1310 g/mol. The smallest absolute Gasteiger partial charge is 0.137 e. The summed E-state index contributed by atoms with van der Waals surface area (Å²) in [5, 5.41) is 16.6. The minimum absolute atomic E-state index is 0.190. The summed E-state index contributed by atoms with van der Waals surface area (Å²) < 4.78 is 16.2. The summed E-state index contributed by atoms with van der Waals surface area (Å²) in [5.74, 6) is 0.917. The van der Waals surface area contributed by atoms with Gasteiger partial charge in [-0.3, -0.25) is 0 Å². The molecular formula is C100H63NO2. The maximum atomic E-state index is 7.05. The van der Waals surface area contributed by atoms with E-state index in [4.69, 9.17) is 9.15 Å². The first-order chi connectivity index (χ1) is 51.2. The van der Waals surface area contributed by atoms with Gasteiger partial charge in [-0.05, 0) is 191 Å². The molecule has 0 radical (unpaired) electrons. The van der Waals surface area contributed by atoms with Crippen LogP contribution in [0.4, 0.5) is 0 Å². The highest BCUT2D eigenvalue weighted by molar-refractivity contribution is 6.46. The van der Waals surface area contributed by atoms with Gasteiger partial charge < -0.3 is 13.7 Å². The van der Waals surface area contributed by atoms with Crippen LogP contribution in [0, 0.1) is 0 Å². The first kappa shape index (κ1) is 58.6. The molecule has 0 N–H and O–H groups in total. The summed E-state index contributed by atoms with van der Waals surface area (Å²) in [4.78, 5) is 0. The lowest BCUT2D eigenvalue weighted by Gasteiger charge is -2.29. The van der Waals surface area contributed by atoms with Crippen LogP contribution in [0.3, 0.4) is 0 Å². The van der Waals surface area contributed by atoms with Crippen LogP contribution in [0.15, 0.2) is 368 Å². The van der Waals surface area contributed by atoms with Crippen molar-refractivity contribution in [3.8, 4) is 94.7 Å². The van der Waals surface area contributed by atoms with E-state index in [-0.39, 0.29) is 6.10 Å². The lowest BCUT2D eigenvalue weighted by atomic mass is 9.73. The maximum absolute atomic E-state index is 7.05. The predicted octanol–water partition coefficient (Wildman–Crippen LogP) is 27.7. The van der Waals surface area contributed by atoms with Gasteiger partial charge in [0.15, 0.2) is 0 Å². The minimum atomic E-state index is -0.190. The molecular weight excluding hydrogens is 1250 g/mol. The number of benzene rings is 18. The van der Waals surface area contributed by atoms with Gasteiger partial charge in [0.1, 0.15) is 23.0 Å². The quantitative estimate of drug-likeness (QED) is 0.0953. The number of fused-ring (bicyclic) bond motifs is 12. The first-order valence-electron chi connectivity index (χ1n) is 35.7. The van der Waals surface area contributed by atoms with E-state index >= 15 is 0 Å². The van der Waals surface area contributed by atoms with Crippen molar-refractivity contribution in [2.45, 2.75) is 12.5 Å². The van der Waals surface area contributed by atoms with Crippen LogP contribution in [-0.4, -0.2) is 4.57 Å². The van der Waals surface area contributed by atoms with Crippen LogP contribution in [0.1, 0.15) is 23.7 Å². The molecule has 3 heteroatoms. The fourth-order valence-electron chi connectivity index (χ4n) is 17.6. The molecule has 103 heavy (non-hydrogen) atoms. The topological polar surface area (TPSA) is 27.3 Å². The minimum Gasteiger partial charge on any atom is -0.485 e. The third-order valence-corrected chi connectivity index (χ3v) is 21.8. The van der Waals surface area contributed by atoms with Gasteiger partial charge in [0.2, 0.25) is 0 Å². The molecule has 0 amide bonds. The molecule has 2 aromatic heterocycles. The Kier molecular flexibility index (Phi) is 13.5. The van der Waals surface area contributed by atoms with Gasteiger partial charge in [0.05, 0.1) is 11.0 Å². The molecule has 480 valence electrons. The number of hydrogen-bond acceptors (Lipinski definition) is 2. The second-order valence-corrected chi connectivity index (χ2v) is 27.4. The molecule has 3 nitrogen and oxygen atoms in total. The lowest BCUT2D eigenvalue weighted by molar-refractivity contribution is 0.194. The molecule has 0 bridgehead atoms. The van der Waals surface area contributed by atoms with Crippen LogP contribution in [0.2, 0.25) is 0 Å². The van der Waals surface area contributed by atoms with Crippen molar-refractivity contribution in [1.29, 1.82) is 0 Å². The lowest BCUT2D eigenvalue weighted by Crippen LogP contribution is -2.02. The number of furan rings is 1. The number of ether oxygens (including phenoxy) is 1. The summed E-state index contributed by atoms with van der Waals surface area (Å²) in [6.07, 6.45) is 2.83. The van der Waals surface area contributed by atoms with E-state index in [0.717, 1.165) is 123 Å². The van der Waals surface area contributed by atoms with E-state index in [1.807, 2.05) is 0 Å². The molecule has 1 unspecified atom stereocenters.